The van der Waals surface area contributed by atoms with E-state index in [-0.39, 0.29) is 0 Å². The SMILES string of the molecule is N#Cc1ccc(N2CCN(c3ccc(Cl)cc3)CC2)nc1. The van der Waals surface area contributed by atoms with Gasteiger partial charge < -0.3 is 9.80 Å². The lowest BCUT2D eigenvalue weighted by Gasteiger charge is -2.36. The fourth-order valence-corrected chi connectivity index (χ4v) is 2.61. The maximum absolute atomic E-state index is 8.80. The van der Waals surface area contributed by atoms with Gasteiger partial charge in [0.25, 0.3) is 0 Å². The Morgan fingerprint density at radius 1 is 0.952 bits per heavy atom. The minimum atomic E-state index is 0.596. The first-order chi connectivity index (χ1) is 10.3. The lowest BCUT2D eigenvalue weighted by Crippen LogP contribution is -2.46. The van der Waals surface area contributed by atoms with Crippen LogP contribution in [0.25, 0.3) is 0 Å². The van der Waals surface area contributed by atoms with E-state index in [1.807, 2.05) is 24.3 Å². The first-order valence-corrected chi connectivity index (χ1v) is 7.26. The highest BCUT2D eigenvalue weighted by molar-refractivity contribution is 6.30. The largest absolute Gasteiger partial charge is 0.368 e. The molecule has 0 unspecified atom stereocenters. The molecule has 0 atom stereocenters. The van der Waals surface area contributed by atoms with Crippen LogP contribution in [0.1, 0.15) is 5.56 Å². The van der Waals surface area contributed by atoms with Crippen LogP contribution in [0.3, 0.4) is 0 Å². The Morgan fingerprint density at radius 2 is 1.62 bits per heavy atom. The Hall–Kier alpha value is -2.25. The van der Waals surface area contributed by atoms with Crippen molar-refractivity contribution in [3.63, 3.8) is 0 Å². The number of hydrogen-bond donors (Lipinski definition) is 0. The standard InChI is InChI=1S/C16H15ClN4/c17-14-2-4-15(5-3-14)20-7-9-21(10-8-20)16-6-1-13(11-18)12-19-16/h1-6,12H,7-10H2. The van der Waals surface area contributed by atoms with Gasteiger partial charge in [-0.3, -0.25) is 0 Å². The van der Waals surface area contributed by atoms with E-state index in [0.29, 0.717) is 5.56 Å². The number of rotatable bonds is 2. The van der Waals surface area contributed by atoms with Gasteiger partial charge in [-0.25, -0.2) is 4.98 Å². The van der Waals surface area contributed by atoms with Crippen LogP contribution in [0, 0.1) is 11.3 Å². The number of nitrogens with zero attached hydrogens (tertiary/aromatic N) is 4. The normalized spacial score (nSPS) is 14.9. The fourth-order valence-electron chi connectivity index (χ4n) is 2.48. The van der Waals surface area contributed by atoms with Crippen LogP contribution in [0.15, 0.2) is 42.6 Å². The van der Waals surface area contributed by atoms with E-state index >= 15 is 0 Å². The van der Waals surface area contributed by atoms with Gasteiger partial charge in [0.15, 0.2) is 0 Å². The molecule has 0 radical (unpaired) electrons. The van der Waals surface area contributed by atoms with Crippen LogP contribution in [0.2, 0.25) is 5.02 Å². The van der Waals surface area contributed by atoms with Gasteiger partial charge in [-0.05, 0) is 36.4 Å². The van der Waals surface area contributed by atoms with Gasteiger partial charge in [-0.2, -0.15) is 5.26 Å². The first-order valence-electron chi connectivity index (χ1n) is 6.88. The summed E-state index contributed by atoms with van der Waals surface area (Å²) in [5.74, 6) is 0.935. The highest BCUT2D eigenvalue weighted by Gasteiger charge is 2.18. The van der Waals surface area contributed by atoms with Gasteiger partial charge in [0.1, 0.15) is 11.9 Å². The molecule has 4 nitrogen and oxygen atoms in total. The van der Waals surface area contributed by atoms with Crippen LogP contribution in [0.4, 0.5) is 11.5 Å². The summed E-state index contributed by atoms with van der Waals surface area (Å²) in [6, 6.07) is 13.8. The van der Waals surface area contributed by atoms with Crippen molar-refractivity contribution in [3.8, 4) is 6.07 Å². The molecule has 3 rings (SSSR count). The second kappa shape index (κ2) is 6.02. The van der Waals surface area contributed by atoms with E-state index < -0.39 is 0 Å². The quantitative estimate of drug-likeness (QED) is 0.855. The molecule has 0 aliphatic carbocycles. The van der Waals surface area contributed by atoms with Crippen molar-refractivity contribution in [3.05, 3.63) is 53.2 Å². The molecule has 2 heterocycles. The summed E-state index contributed by atoms with van der Waals surface area (Å²) < 4.78 is 0. The second-order valence-electron chi connectivity index (χ2n) is 4.97. The average Bonchev–Trinajstić information content (AvgIpc) is 2.56. The third-order valence-electron chi connectivity index (χ3n) is 3.67. The average molecular weight is 299 g/mol. The number of hydrogen-bond acceptors (Lipinski definition) is 4. The van der Waals surface area contributed by atoms with Crippen molar-refractivity contribution in [2.75, 3.05) is 36.0 Å². The molecule has 2 aromatic rings. The van der Waals surface area contributed by atoms with Gasteiger partial charge in [0.2, 0.25) is 0 Å². The van der Waals surface area contributed by atoms with Crippen molar-refractivity contribution >= 4 is 23.1 Å². The summed E-state index contributed by atoms with van der Waals surface area (Å²) in [6.07, 6.45) is 1.63. The zero-order valence-electron chi connectivity index (χ0n) is 11.5. The van der Waals surface area contributed by atoms with E-state index in [9.17, 15) is 0 Å². The summed E-state index contributed by atoms with van der Waals surface area (Å²) in [5, 5.41) is 9.56. The number of nitriles is 1. The summed E-state index contributed by atoms with van der Waals surface area (Å²) in [6.45, 7) is 3.73. The Balaban J connectivity index is 1.64. The second-order valence-corrected chi connectivity index (χ2v) is 5.40. The number of aromatic nitrogens is 1. The fraction of sp³-hybridized carbons (Fsp3) is 0.250. The molecule has 0 spiro atoms. The lowest BCUT2D eigenvalue weighted by molar-refractivity contribution is 0.647. The van der Waals surface area contributed by atoms with E-state index in [4.69, 9.17) is 16.9 Å². The number of benzene rings is 1. The van der Waals surface area contributed by atoms with Crippen LogP contribution in [0.5, 0.6) is 0 Å². The monoisotopic (exact) mass is 298 g/mol. The van der Waals surface area contributed by atoms with Gasteiger partial charge in [-0.15, -0.1) is 0 Å². The molecule has 0 amide bonds. The number of halogens is 1. The molecular weight excluding hydrogens is 284 g/mol. The van der Waals surface area contributed by atoms with E-state index in [1.54, 1.807) is 6.20 Å². The molecule has 1 aromatic carbocycles. The zero-order valence-corrected chi connectivity index (χ0v) is 12.3. The third-order valence-corrected chi connectivity index (χ3v) is 3.92. The Morgan fingerprint density at radius 3 is 2.19 bits per heavy atom. The van der Waals surface area contributed by atoms with Crippen molar-refractivity contribution in [2.45, 2.75) is 0 Å². The smallest absolute Gasteiger partial charge is 0.128 e. The summed E-state index contributed by atoms with van der Waals surface area (Å²) in [7, 11) is 0. The predicted octanol–water partition coefficient (Wildman–Crippen LogP) is 2.93. The maximum Gasteiger partial charge on any atom is 0.128 e. The molecule has 106 valence electrons. The molecule has 1 fully saturated rings. The number of pyridine rings is 1. The van der Waals surface area contributed by atoms with Gasteiger partial charge in [-0.1, -0.05) is 11.6 Å². The topological polar surface area (TPSA) is 43.2 Å². The van der Waals surface area contributed by atoms with Crippen molar-refractivity contribution in [1.82, 2.24) is 4.98 Å². The predicted molar refractivity (Wildman–Crippen MR) is 84.8 cm³/mol. The highest BCUT2D eigenvalue weighted by atomic mass is 35.5. The van der Waals surface area contributed by atoms with Gasteiger partial charge in [0, 0.05) is 43.1 Å². The summed E-state index contributed by atoms with van der Waals surface area (Å²) in [4.78, 5) is 8.94. The molecule has 1 aliphatic rings. The summed E-state index contributed by atoms with van der Waals surface area (Å²) >= 11 is 5.92. The van der Waals surface area contributed by atoms with Crippen LogP contribution in [-0.4, -0.2) is 31.2 Å². The van der Waals surface area contributed by atoms with E-state index in [2.05, 4.69) is 33.0 Å². The van der Waals surface area contributed by atoms with Gasteiger partial charge >= 0.3 is 0 Å². The van der Waals surface area contributed by atoms with Crippen LogP contribution in [-0.2, 0) is 0 Å². The first kappa shape index (κ1) is 13.7. The lowest BCUT2D eigenvalue weighted by atomic mass is 10.2. The zero-order chi connectivity index (χ0) is 14.7. The Kier molecular flexibility index (Phi) is 3.94. The van der Waals surface area contributed by atoms with Crippen LogP contribution < -0.4 is 9.80 Å². The van der Waals surface area contributed by atoms with Gasteiger partial charge in [0.05, 0.1) is 5.56 Å². The molecule has 1 aliphatic heterocycles. The van der Waals surface area contributed by atoms with E-state index in [1.165, 1.54) is 5.69 Å². The molecule has 0 N–H and O–H groups in total. The Bertz CT molecular complexity index is 637. The molecule has 21 heavy (non-hydrogen) atoms. The van der Waals surface area contributed by atoms with Crippen LogP contribution >= 0.6 is 11.6 Å². The minimum absolute atomic E-state index is 0.596. The van der Waals surface area contributed by atoms with Crippen molar-refractivity contribution in [2.24, 2.45) is 0 Å². The van der Waals surface area contributed by atoms with Crippen molar-refractivity contribution < 1.29 is 0 Å². The molecule has 1 aromatic heterocycles. The van der Waals surface area contributed by atoms with Crippen molar-refractivity contribution in [1.29, 1.82) is 5.26 Å². The van der Waals surface area contributed by atoms with E-state index in [0.717, 1.165) is 37.0 Å². The highest BCUT2D eigenvalue weighted by Crippen LogP contribution is 2.21. The third kappa shape index (κ3) is 3.09. The minimum Gasteiger partial charge on any atom is -0.368 e. The number of piperazine rings is 1. The Labute approximate surface area is 129 Å². The maximum atomic E-state index is 8.80. The molecule has 0 saturated carbocycles. The molecule has 0 bridgehead atoms. The number of anilines is 2. The molecule has 1 saturated heterocycles. The summed E-state index contributed by atoms with van der Waals surface area (Å²) in [5.41, 5.74) is 1.80. The molecule has 5 heteroatoms. The molecular formula is C16H15ClN4.